The van der Waals surface area contributed by atoms with Crippen LogP contribution in [0.15, 0.2) is 23.0 Å². The number of rotatable bonds is 8. The van der Waals surface area contributed by atoms with E-state index in [1.165, 1.54) is 4.57 Å². The highest BCUT2D eigenvalue weighted by molar-refractivity contribution is 6.00. The zero-order chi connectivity index (χ0) is 22.8. The Morgan fingerprint density at radius 3 is 2.55 bits per heavy atom. The quantitative estimate of drug-likeness (QED) is 0.512. The van der Waals surface area contributed by atoms with Gasteiger partial charge in [-0.05, 0) is 23.5 Å². The van der Waals surface area contributed by atoms with E-state index >= 15 is 0 Å². The first-order valence-corrected chi connectivity index (χ1v) is 10.8. The molecule has 2 amide bonds. The third-order valence-electron chi connectivity index (χ3n) is 5.46. The maximum absolute atomic E-state index is 13.0. The van der Waals surface area contributed by atoms with Gasteiger partial charge >= 0.3 is 5.69 Å². The highest BCUT2D eigenvalue weighted by atomic mass is 16.5. The van der Waals surface area contributed by atoms with Crippen molar-refractivity contribution in [1.82, 2.24) is 14.5 Å². The molecule has 1 fully saturated rings. The van der Waals surface area contributed by atoms with Crippen molar-refractivity contribution in [2.24, 2.45) is 12.5 Å². The van der Waals surface area contributed by atoms with Crippen molar-refractivity contribution < 1.29 is 19.1 Å². The summed E-state index contributed by atoms with van der Waals surface area (Å²) in [5.74, 6) is -0.676. The third-order valence-corrected chi connectivity index (χ3v) is 5.46. The van der Waals surface area contributed by atoms with Gasteiger partial charge < -0.3 is 9.47 Å². The number of imide groups is 1. The number of para-hydroxylation sites is 1. The molecule has 1 N–H and O–H groups in total. The minimum atomic E-state index is -0.685. The molecule has 2 unspecified atom stereocenters. The van der Waals surface area contributed by atoms with Crippen molar-refractivity contribution in [2.75, 3.05) is 26.4 Å². The number of fused-ring (bicyclic) bond motifs is 1. The van der Waals surface area contributed by atoms with Crippen LogP contribution in [0.1, 0.15) is 58.1 Å². The van der Waals surface area contributed by atoms with Gasteiger partial charge in [0.1, 0.15) is 6.04 Å². The lowest BCUT2D eigenvalue weighted by molar-refractivity contribution is -0.135. The van der Waals surface area contributed by atoms with Gasteiger partial charge in [-0.3, -0.25) is 24.0 Å². The van der Waals surface area contributed by atoms with Crippen molar-refractivity contribution in [3.63, 3.8) is 0 Å². The van der Waals surface area contributed by atoms with Crippen LogP contribution in [0.4, 0.5) is 0 Å². The molecule has 170 valence electrons. The minimum Gasteiger partial charge on any atom is -0.379 e. The normalized spacial score (nSPS) is 18.4. The summed E-state index contributed by atoms with van der Waals surface area (Å²) < 4.78 is 14.5. The molecule has 2 heterocycles. The lowest BCUT2D eigenvalue weighted by Gasteiger charge is -2.22. The molecule has 0 radical (unpaired) electrons. The number of carbonyl (C=O) groups excluding carboxylic acids is 2. The molecule has 1 saturated heterocycles. The molecule has 1 aliphatic heterocycles. The van der Waals surface area contributed by atoms with Crippen molar-refractivity contribution in [3.05, 3.63) is 34.2 Å². The summed E-state index contributed by atoms with van der Waals surface area (Å²) in [6, 6.07) is 5.04. The molecule has 0 aliphatic carbocycles. The number of hydrogen-bond donors (Lipinski definition) is 1. The first-order valence-electron chi connectivity index (χ1n) is 10.8. The predicted molar refractivity (Wildman–Crippen MR) is 118 cm³/mol. The Bertz CT molecular complexity index is 1010. The maximum atomic E-state index is 13.0. The zero-order valence-electron chi connectivity index (χ0n) is 19.1. The van der Waals surface area contributed by atoms with Gasteiger partial charge in [-0.1, -0.05) is 39.8 Å². The monoisotopic (exact) mass is 431 g/mol. The summed E-state index contributed by atoms with van der Waals surface area (Å²) in [4.78, 5) is 36.9. The van der Waals surface area contributed by atoms with Crippen LogP contribution in [0.5, 0.6) is 0 Å². The molecule has 31 heavy (non-hydrogen) atoms. The number of benzene rings is 1. The van der Waals surface area contributed by atoms with E-state index in [4.69, 9.17) is 9.47 Å². The average Bonchev–Trinajstić information content (AvgIpc) is 2.94. The van der Waals surface area contributed by atoms with E-state index in [9.17, 15) is 14.4 Å². The Morgan fingerprint density at radius 1 is 1.16 bits per heavy atom. The molecule has 1 aromatic carbocycles. The number of aromatic nitrogens is 2. The SMILES string of the molecule is CC(COCCOCC(C)(C)C)c1cccc2c1n(C)c(=O)n2C1CCC(=O)NC1=O. The fourth-order valence-electron chi connectivity index (χ4n) is 3.94. The number of ether oxygens (including phenoxy) is 2. The number of nitrogens with one attached hydrogen (secondary N) is 1. The van der Waals surface area contributed by atoms with E-state index in [1.807, 2.05) is 18.2 Å². The second-order valence-electron chi connectivity index (χ2n) is 9.48. The molecule has 2 aromatic rings. The summed E-state index contributed by atoms with van der Waals surface area (Å²) in [5, 5.41) is 2.34. The van der Waals surface area contributed by atoms with Gasteiger partial charge in [0, 0.05) is 19.4 Å². The molecule has 0 spiro atoms. The number of carbonyl (C=O) groups is 2. The van der Waals surface area contributed by atoms with E-state index in [-0.39, 0.29) is 29.4 Å². The van der Waals surface area contributed by atoms with E-state index < -0.39 is 11.9 Å². The predicted octanol–water partition coefficient (Wildman–Crippen LogP) is 2.50. The standard InChI is InChI=1S/C23H33N3O5/c1-15(13-30-11-12-31-14-23(2,3)4)16-7-6-8-17-20(16)25(5)22(29)26(17)18-9-10-19(27)24-21(18)28/h6-8,15,18H,9-14H2,1-5H3,(H,24,27,28). The molecular formula is C23H33N3O5. The fraction of sp³-hybridized carbons (Fsp3) is 0.609. The molecule has 3 rings (SSSR count). The summed E-state index contributed by atoms with van der Waals surface area (Å²) in [7, 11) is 1.71. The van der Waals surface area contributed by atoms with Gasteiger partial charge in [-0.25, -0.2) is 4.79 Å². The van der Waals surface area contributed by atoms with Crippen LogP contribution >= 0.6 is 0 Å². The molecule has 0 bridgehead atoms. The fourth-order valence-corrected chi connectivity index (χ4v) is 3.94. The van der Waals surface area contributed by atoms with Crippen molar-refractivity contribution >= 4 is 22.8 Å². The average molecular weight is 432 g/mol. The molecule has 0 saturated carbocycles. The largest absolute Gasteiger partial charge is 0.379 e. The van der Waals surface area contributed by atoms with Gasteiger partial charge in [0.25, 0.3) is 0 Å². The lowest BCUT2D eigenvalue weighted by Crippen LogP contribution is -2.44. The number of imidazole rings is 1. The summed E-state index contributed by atoms with van der Waals surface area (Å²) >= 11 is 0. The Morgan fingerprint density at radius 2 is 1.87 bits per heavy atom. The van der Waals surface area contributed by atoms with E-state index in [0.29, 0.717) is 38.4 Å². The molecule has 1 aliphatic rings. The topological polar surface area (TPSA) is 91.6 Å². The number of nitrogens with zero attached hydrogens (tertiary/aromatic N) is 2. The van der Waals surface area contributed by atoms with Crippen LogP contribution in [0.25, 0.3) is 11.0 Å². The smallest absolute Gasteiger partial charge is 0.329 e. The second-order valence-corrected chi connectivity index (χ2v) is 9.48. The molecular weight excluding hydrogens is 398 g/mol. The number of hydrogen-bond acceptors (Lipinski definition) is 5. The van der Waals surface area contributed by atoms with Crippen molar-refractivity contribution in [3.8, 4) is 0 Å². The zero-order valence-corrected chi connectivity index (χ0v) is 19.1. The van der Waals surface area contributed by atoms with Crippen LogP contribution in [0.3, 0.4) is 0 Å². The van der Waals surface area contributed by atoms with Gasteiger partial charge in [0.2, 0.25) is 11.8 Å². The summed E-state index contributed by atoms with van der Waals surface area (Å²) in [6.45, 7) is 10.7. The Hall–Kier alpha value is -2.45. The van der Waals surface area contributed by atoms with E-state index in [2.05, 4.69) is 33.0 Å². The van der Waals surface area contributed by atoms with Gasteiger partial charge in [0.05, 0.1) is 37.5 Å². The minimum absolute atomic E-state index is 0.0505. The Labute approximate surface area is 182 Å². The highest BCUT2D eigenvalue weighted by Gasteiger charge is 2.31. The first-order chi connectivity index (χ1) is 14.6. The number of piperidine rings is 1. The van der Waals surface area contributed by atoms with Crippen molar-refractivity contribution in [2.45, 2.75) is 52.5 Å². The van der Waals surface area contributed by atoms with E-state index in [1.54, 1.807) is 11.6 Å². The summed E-state index contributed by atoms with van der Waals surface area (Å²) in [6.07, 6.45) is 0.543. The van der Waals surface area contributed by atoms with Crippen LogP contribution in [0, 0.1) is 5.41 Å². The molecule has 8 nitrogen and oxygen atoms in total. The lowest BCUT2D eigenvalue weighted by atomic mass is 9.99. The van der Waals surface area contributed by atoms with E-state index in [0.717, 1.165) is 11.1 Å². The summed E-state index contributed by atoms with van der Waals surface area (Å²) in [5.41, 5.74) is 2.33. The third kappa shape index (κ3) is 5.25. The molecule has 2 atom stereocenters. The number of amides is 2. The van der Waals surface area contributed by atoms with Crippen LogP contribution in [-0.2, 0) is 26.1 Å². The maximum Gasteiger partial charge on any atom is 0.329 e. The van der Waals surface area contributed by atoms with Gasteiger partial charge in [0.15, 0.2) is 0 Å². The molecule has 1 aromatic heterocycles. The van der Waals surface area contributed by atoms with Crippen molar-refractivity contribution in [1.29, 1.82) is 0 Å². The Kier molecular flexibility index (Phi) is 7.01. The molecule has 8 heteroatoms. The second kappa shape index (κ2) is 9.36. The first kappa shape index (κ1) is 23.2. The van der Waals surface area contributed by atoms with Crippen LogP contribution < -0.4 is 11.0 Å². The van der Waals surface area contributed by atoms with Gasteiger partial charge in [-0.2, -0.15) is 0 Å². The Balaban J connectivity index is 1.76. The van der Waals surface area contributed by atoms with Crippen LogP contribution in [-0.4, -0.2) is 47.4 Å². The number of aryl methyl sites for hydroxylation is 1. The van der Waals surface area contributed by atoms with Gasteiger partial charge in [-0.15, -0.1) is 0 Å². The highest BCUT2D eigenvalue weighted by Crippen LogP contribution is 2.28. The van der Waals surface area contributed by atoms with Crippen LogP contribution in [0.2, 0.25) is 0 Å².